The highest BCUT2D eigenvalue weighted by molar-refractivity contribution is 5.70. The number of hydrogen-bond donors (Lipinski definition) is 0. The van der Waals surface area contributed by atoms with Gasteiger partial charge in [-0.15, -0.1) is 0 Å². The van der Waals surface area contributed by atoms with Gasteiger partial charge in [0.25, 0.3) is 0 Å². The summed E-state index contributed by atoms with van der Waals surface area (Å²) in [5.74, 6) is -0.0766. The number of methoxy groups -OCH3 is 1. The van der Waals surface area contributed by atoms with Gasteiger partial charge in [-0.25, -0.2) is 9.18 Å². The fraction of sp³-hybridized carbons (Fsp3) is 0.550. The van der Waals surface area contributed by atoms with E-state index in [2.05, 4.69) is 6.08 Å². The Hall–Kier alpha value is -2.04. The molecule has 0 aliphatic carbocycles. The van der Waals surface area contributed by atoms with E-state index in [1.807, 2.05) is 31.7 Å². The second-order valence-corrected chi connectivity index (χ2v) is 7.86. The number of fused-ring (bicyclic) bond motifs is 2. The Morgan fingerprint density at radius 1 is 1.32 bits per heavy atom. The minimum Gasteiger partial charge on any atom is -0.494 e. The first-order chi connectivity index (χ1) is 11.8. The van der Waals surface area contributed by atoms with Crippen LogP contribution in [0.25, 0.3) is 0 Å². The van der Waals surface area contributed by atoms with Crippen molar-refractivity contribution < 1.29 is 18.7 Å². The van der Waals surface area contributed by atoms with Crippen molar-refractivity contribution in [3.63, 3.8) is 0 Å². The predicted molar refractivity (Wildman–Crippen MR) is 94.2 cm³/mol. The first kappa shape index (κ1) is 17.8. The molecule has 0 spiro atoms. The maximum absolute atomic E-state index is 13.9. The molecule has 2 aliphatic rings. The van der Waals surface area contributed by atoms with E-state index in [0.29, 0.717) is 6.42 Å². The number of ether oxygens (including phenoxy) is 2. The molecule has 1 aromatic rings. The van der Waals surface area contributed by atoms with Crippen molar-refractivity contribution in [3.8, 4) is 5.75 Å². The quantitative estimate of drug-likeness (QED) is 0.757. The Balaban J connectivity index is 1.71. The van der Waals surface area contributed by atoms with E-state index in [1.54, 1.807) is 6.07 Å². The minimum atomic E-state index is -0.485. The zero-order valence-corrected chi connectivity index (χ0v) is 15.3. The van der Waals surface area contributed by atoms with Crippen LogP contribution >= 0.6 is 0 Å². The second kappa shape index (κ2) is 6.70. The molecule has 25 heavy (non-hydrogen) atoms. The van der Waals surface area contributed by atoms with Crippen LogP contribution in [-0.2, 0) is 11.2 Å². The number of nitrogens with zero attached hydrogens (tertiary/aromatic N) is 1. The normalized spacial score (nSPS) is 22.6. The summed E-state index contributed by atoms with van der Waals surface area (Å²) in [5.41, 5.74) is 1.70. The number of halogens is 1. The molecule has 1 amide bonds. The van der Waals surface area contributed by atoms with Gasteiger partial charge in [-0.1, -0.05) is 17.7 Å². The van der Waals surface area contributed by atoms with Crippen molar-refractivity contribution in [1.29, 1.82) is 0 Å². The van der Waals surface area contributed by atoms with Gasteiger partial charge in [0.2, 0.25) is 0 Å². The van der Waals surface area contributed by atoms with Crippen LogP contribution in [0.4, 0.5) is 9.18 Å². The van der Waals surface area contributed by atoms with E-state index < -0.39 is 5.60 Å². The molecule has 1 aromatic carbocycles. The molecular formula is C20H26FNO3. The van der Waals surface area contributed by atoms with Crippen molar-refractivity contribution in [2.45, 2.75) is 64.1 Å². The highest BCUT2D eigenvalue weighted by atomic mass is 19.1. The van der Waals surface area contributed by atoms with Crippen molar-refractivity contribution in [1.82, 2.24) is 4.90 Å². The maximum atomic E-state index is 13.9. The van der Waals surface area contributed by atoms with Gasteiger partial charge in [0.05, 0.1) is 13.2 Å². The summed E-state index contributed by atoms with van der Waals surface area (Å²) in [6.45, 7) is 5.66. The van der Waals surface area contributed by atoms with E-state index in [1.165, 1.54) is 18.7 Å². The lowest BCUT2D eigenvalue weighted by Gasteiger charge is -2.35. The molecule has 3 rings (SSSR count). The lowest BCUT2D eigenvalue weighted by Crippen LogP contribution is -2.45. The molecule has 1 saturated heterocycles. The number of hydrogen-bond acceptors (Lipinski definition) is 3. The van der Waals surface area contributed by atoms with E-state index in [0.717, 1.165) is 24.8 Å². The summed E-state index contributed by atoms with van der Waals surface area (Å²) in [6.07, 6.45) is 5.41. The van der Waals surface area contributed by atoms with Crippen LogP contribution in [0.5, 0.6) is 5.75 Å². The largest absolute Gasteiger partial charge is 0.494 e. The number of carbonyl (C=O) groups excluding carboxylic acids is 1. The fourth-order valence-electron chi connectivity index (χ4n) is 3.73. The molecule has 4 nitrogen and oxygen atoms in total. The van der Waals surface area contributed by atoms with Gasteiger partial charge in [0.1, 0.15) is 5.60 Å². The zero-order chi connectivity index (χ0) is 18.2. The number of carbonyl (C=O) groups is 1. The molecule has 0 aromatic heterocycles. The van der Waals surface area contributed by atoms with Gasteiger partial charge in [0.15, 0.2) is 11.6 Å². The molecule has 2 aliphatic heterocycles. The topological polar surface area (TPSA) is 38.8 Å². The molecule has 136 valence electrons. The molecule has 0 radical (unpaired) electrons. The van der Waals surface area contributed by atoms with Crippen LogP contribution in [0.1, 0.15) is 45.6 Å². The average Bonchev–Trinajstić information content (AvgIpc) is 2.77. The summed E-state index contributed by atoms with van der Waals surface area (Å²) in [7, 11) is 1.46. The molecule has 2 bridgehead atoms. The van der Waals surface area contributed by atoms with Crippen LogP contribution in [0, 0.1) is 5.82 Å². The van der Waals surface area contributed by atoms with E-state index in [-0.39, 0.29) is 29.7 Å². The summed E-state index contributed by atoms with van der Waals surface area (Å²) < 4.78 is 24.4. The van der Waals surface area contributed by atoms with Crippen LogP contribution < -0.4 is 4.74 Å². The first-order valence-electron chi connectivity index (χ1n) is 8.80. The molecule has 2 unspecified atom stereocenters. The Morgan fingerprint density at radius 2 is 2.08 bits per heavy atom. The standard InChI is InChI=1S/C20H26FNO3/c1-20(2,3)25-19(23)22-15-6-7-16(22)11-14(10-15)9-13-5-8-18(24-4)17(21)12-13/h5,8,10,12,15-16H,6-7,9,11H2,1-4H3. The lowest BCUT2D eigenvalue weighted by molar-refractivity contribution is 0.0166. The monoisotopic (exact) mass is 347 g/mol. The smallest absolute Gasteiger partial charge is 0.411 e. The van der Waals surface area contributed by atoms with Gasteiger partial charge in [0, 0.05) is 6.04 Å². The first-order valence-corrected chi connectivity index (χ1v) is 8.80. The second-order valence-electron chi connectivity index (χ2n) is 7.86. The third-order valence-corrected chi connectivity index (χ3v) is 4.72. The number of rotatable bonds is 3. The Kier molecular flexibility index (Phi) is 4.76. The van der Waals surface area contributed by atoms with E-state index in [4.69, 9.17) is 9.47 Å². The number of benzene rings is 1. The van der Waals surface area contributed by atoms with Crippen LogP contribution in [-0.4, -0.2) is 35.8 Å². The molecule has 1 fully saturated rings. The Morgan fingerprint density at radius 3 is 2.68 bits per heavy atom. The Bertz CT molecular complexity index is 693. The molecule has 0 N–H and O–H groups in total. The summed E-state index contributed by atoms with van der Waals surface area (Å²) in [6, 6.07) is 5.36. The van der Waals surface area contributed by atoms with Gasteiger partial charge < -0.3 is 9.47 Å². The van der Waals surface area contributed by atoms with Gasteiger partial charge >= 0.3 is 6.09 Å². The summed E-state index contributed by atoms with van der Waals surface area (Å²) >= 11 is 0. The Labute approximate surface area is 148 Å². The minimum absolute atomic E-state index is 0.0895. The summed E-state index contributed by atoms with van der Waals surface area (Å²) in [5, 5.41) is 0. The highest BCUT2D eigenvalue weighted by Gasteiger charge is 2.41. The van der Waals surface area contributed by atoms with Crippen LogP contribution in [0.3, 0.4) is 0 Å². The van der Waals surface area contributed by atoms with E-state index in [9.17, 15) is 9.18 Å². The molecule has 2 atom stereocenters. The summed E-state index contributed by atoms with van der Waals surface area (Å²) in [4.78, 5) is 14.3. The van der Waals surface area contributed by atoms with Crippen molar-refractivity contribution in [3.05, 3.63) is 41.2 Å². The third-order valence-electron chi connectivity index (χ3n) is 4.72. The van der Waals surface area contributed by atoms with Gasteiger partial charge in [-0.05, 0) is 64.2 Å². The predicted octanol–water partition coefficient (Wildman–Crippen LogP) is 4.48. The average molecular weight is 347 g/mol. The van der Waals surface area contributed by atoms with Crippen molar-refractivity contribution in [2.24, 2.45) is 0 Å². The SMILES string of the molecule is COc1ccc(CC2=CC3CCC(C2)N3C(=O)OC(C)(C)C)cc1F. The third kappa shape index (κ3) is 3.97. The zero-order valence-electron chi connectivity index (χ0n) is 15.3. The van der Waals surface area contributed by atoms with Crippen LogP contribution in [0.15, 0.2) is 29.8 Å². The van der Waals surface area contributed by atoms with Crippen molar-refractivity contribution >= 4 is 6.09 Å². The van der Waals surface area contributed by atoms with Gasteiger partial charge in [-0.3, -0.25) is 4.90 Å². The van der Waals surface area contributed by atoms with Crippen LogP contribution in [0.2, 0.25) is 0 Å². The highest BCUT2D eigenvalue weighted by Crippen LogP contribution is 2.37. The molecule has 0 saturated carbocycles. The van der Waals surface area contributed by atoms with E-state index >= 15 is 0 Å². The molecule has 2 heterocycles. The molecule has 5 heteroatoms. The number of amides is 1. The lowest BCUT2D eigenvalue weighted by atomic mass is 9.95. The maximum Gasteiger partial charge on any atom is 0.411 e. The molecular weight excluding hydrogens is 321 g/mol. The van der Waals surface area contributed by atoms with Crippen molar-refractivity contribution in [2.75, 3.05) is 7.11 Å². The van der Waals surface area contributed by atoms with Gasteiger partial charge in [-0.2, -0.15) is 0 Å². The fourth-order valence-corrected chi connectivity index (χ4v) is 3.73.